The molecule has 0 unspecified atom stereocenters. The lowest BCUT2D eigenvalue weighted by molar-refractivity contribution is 0.0116. The van der Waals surface area contributed by atoms with Crippen molar-refractivity contribution in [2.24, 2.45) is 0 Å². The number of ketones is 3. The number of carbonyl (C=O) groups excluding carboxylic acids is 3. The van der Waals surface area contributed by atoms with Crippen LogP contribution in [0.25, 0.3) is 0 Å². The summed E-state index contributed by atoms with van der Waals surface area (Å²) in [4.78, 5) is 39.6. The minimum absolute atomic E-state index is 0.221. The summed E-state index contributed by atoms with van der Waals surface area (Å²) in [5, 5.41) is 21.7. The van der Waals surface area contributed by atoms with Gasteiger partial charge in [0.05, 0.1) is 0 Å². The van der Waals surface area contributed by atoms with Crippen LogP contribution in [0.15, 0.2) is 36.4 Å². The molecule has 0 bridgehead atoms. The number of aliphatic hydroxyl groups is 2. The molecule has 172 valence electrons. The average Bonchev–Trinajstić information content (AvgIpc) is 2.84. The number of Topliss-reactive ketones (excluding diaryl/α,β-unsaturated/α-hetero) is 2. The van der Waals surface area contributed by atoms with Crippen LogP contribution in [0.3, 0.4) is 0 Å². The molecular weight excluding hydrogens is 416 g/mol. The van der Waals surface area contributed by atoms with Crippen LogP contribution in [0.5, 0.6) is 0 Å². The Kier molecular flexibility index (Phi) is 5.58. The fraction of sp³-hybridized carbons (Fsp3) is 0.464. The van der Waals surface area contributed by atoms with Crippen LogP contribution in [0.1, 0.15) is 112 Å². The van der Waals surface area contributed by atoms with E-state index < -0.39 is 11.2 Å². The molecule has 2 fully saturated rings. The third kappa shape index (κ3) is 3.87. The van der Waals surface area contributed by atoms with Gasteiger partial charge in [-0.15, -0.1) is 0 Å². The van der Waals surface area contributed by atoms with Crippen LogP contribution in [-0.2, 0) is 6.42 Å². The van der Waals surface area contributed by atoms with Crippen LogP contribution in [0.2, 0.25) is 0 Å². The van der Waals surface area contributed by atoms with Crippen LogP contribution < -0.4 is 0 Å². The van der Waals surface area contributed by atoms with Crippen molar-refractivity contribution in [2.75, 3.05) is 0 Å². The molecule has 0 spiro atoms. The standard InChI is InChI=1S/C28H30O5/c29-24-22-16-20(25(30)27(32)11-3-1-4-12-27)9-7-18(22)15-19-8-10-21(17-23(19)24)26(31)28(33)13-5-2-6-14-28/h7-10,16-17,32-33H,1-6,11-15H2. The summed E-state index contributed by atoms with van der Waals surface area (Å²) < 4.78 is 0. The molecule has 0 heterocycles. The lowest BCUT2D eigenvalue weighted by Gasteiger charge is -2.31. The second kappa shape index (κ2) is 8.30. The smallest absolute Gasteiger partial charge is 0.194 e. The highest BCUT2D eigenvalue weighted by molar-refractivity contribution is 6.15. The summed E-state index contributed by atoms with van der Waals surface area (Å²) in [5.41, 5.74) is 0.600. The van der Waals surface area contributed by atoms with E-state index in [0.29, 0.717) is 54.4 Å². The Morgan fingerprint density at radius 2 is 1.03 bits per heavy atom. The van der Waals surface area contributed by atoms with E-state index in [4.69, 9.17) is 0 Å². The molecule has 2 aromatic carbocycles. The van der Waals surface area contributed by atoms with Crippen LogP contribution >= 0.6 is 0 Å². The molecule has 5 heteroatoms. The van der Waals surface area contributed by atoms with Crippen molar-refractivity contribution in [1.29, 1.82) is 0 Å². The molecule has 0 amide bonds. The van der Waals surface area contributed by atoms with Gasteiger partial charge in [0.1, 0.15) is 11.2 Å². The van der Waals surface area contributed by atoms with E-state index in [1.54, 1.807) is 36.4 Å². The molecule has 2 aromatic rings. The van der Waals surface area contributed by atoms with Gasteiger partial charge in [0.15, 0.2) is 17.3 Å². The molecule has 5 nitrogen and oxygen atoms in total. The topological polar surface area (TPSA) is 91.7 Å². The zero-order valence-corrected chi connectivity index (χ0v) is 18.9. The molecule has 2 saturated carbocycles. The SMILES string of the molecule is O=C1c2cc(C(=O)C3(O)CCCCC3)ccc2Cc2ccc(C(=O)C3(O)CCCCC3)cc21. The second-order valence-electron chi connectivity index (χ2n) is 10.1. The van der Waals surface area contributed by atoms with E-state index in [1.807, 2.05) is 0 Å². The minimum atomic E-state index is -1.35. The van der Waals surface area contributed by atoms with E-state index >= 15 is 0 Å². The molecule has 0 aliphatic heterocycles. The Labute approximate surface area is 193 Å². The fourth-order valence-corrected chi connectivity index (χ4v) is 5.78. The molecule has 3 aliphatic carbocycles. The monoisotopic (exact) mass is 446 g/mol. The maximum atomic E-state index is 13.4. The Hall–Kier alpha value is -2.63. The summed E-state index contributed by atoms with van der Waals surface area (Å²) in [6, 6.07) is 10.3. The molecule has 33 heavy (non-hydrogen) atoms. The van der Waals surface area contributed by atoms with Crippen molar-refractivity contribution in [3.8, 4) is 0 Å². The summed E-state index contributed by atoms with van der Waals surface area (Å²) in [6.45, 7) is 0. The highest BCUT2D eigenvalue weighted by Gasteiger charge is 2.39. The molecule has 5 rings (SSSR count). The second-order valence-corrected chi connectivity index (χ2v) is 10.1. The summed E-state index contributed by atoms with van der Waals surface area (Å²) >= 11 is 0. The third-order valence-electron chi connectivity index (χ3n) is 7.82. The van der Waals surface area contributed by atoms with Gasteiger partial charge in [-0.05, 0) is 55.4 Å². The predicted molar refractivity (Wildman–Crippen MR) is 124 cm³/mol. The largest absolute Gasteiger partial charge is 0.382 e. The first-order chi connectivity index (χ1) is 15.8. The maximum absolute atomic E-state index is 13.4. The number of carbonyl (C=O) groups is 3. The quantitative estimate of drug-likeness (QED) is 0.573. The van der Waals surface area contributed by atoms with E-state index in [1.165, 1.54) is 0 Å². The van der Waals surface area contributed by atoms with E-state index in [-0.39, 0.29) is 17.3 Å². The molecule has 2 N–H and O–H groups in total. The lowest BCUT2D eigenvalue weighted by Crippen LogP contribution is -2.40. The number of fused-ring (bicyclic) bond motifs is 2. The summed E-state index contributed by atoms with van der Waals surface area (Å²) in [5.74, 6) is -0.846. The highest BCUT2D eigenvalue weighted by atomic mass is 16.3. The molecular formula is C28H30O5. The van der Waals surface area contributed by atoms with Crippen molar-refractivity contribution in [1.82, 2.24) is 0 Å². The van der Waals surface area contributed by atoms with E-state index in [2.05, 4.69) is 0 Å². The van der Waals surface area contributed by atoms with Crippen molar-refractivity contribution in [3.63, 3.8) is 0 Å². The molecule has 0 atom stereocenters. The first-order valence-electron chi connectivity index (χ1n) is 12.2. The van der Waals surface area contributed by atoms with Gasteiger partial charge in [-0.3, -0.25) is 14.4 Å². The molecule has 0 saturated heterocycles. The normalized spacial score (nSPS) is 21.1. The van der Waals surface area contributed by atoms with Gasteiger partial charge in [-0.2, -0.15) is 0 Å². The summed E-state index contributed by atoms with van der Waals surface area (Å²) in [6.07, 6.45) is 7.67. The van der Waals surface area contributed by atoms with Gasteiger partial charge in [-0.25, -0.2) is 0 Å². The van der Waals surface area contributed by atoms with Gasteiger partial charge in [-0.1, -0.05) is 62.8 Å². The van der Waals surface area contributed by atoms with Gasteiger partial charge in [0.25, 0.3) is 0 Å². The first kappa shape index (κ1) is 22.2. The van der Waals surface area contributed by atoms with Crippen molar-refractivity contribution < 1.29 is 24.6 Å². The van der Waals surface area contributed by atoms with Crippen LogP contribution in [0, 0.1) is 0 Å². The third-order valence-corrected chi connectivity index (χ3v) is 7.82. The van der Waals surface area contributed by atoms with E-state index in [0.717, 1.165) is 49.7 Å². The average molecular weight is 447 g/mol. The Bertz CT molecular complexity index is 1050. The number of hydrogen-bond donors (Lipinski definition) is 2. The number of hydrogen-bond acceptors (Lipinski definition) is 5. The van der Waals surface area contributed by atoms with E-state index in [9.17, 15) is 24.6 Å². The Morgan fingerprint density at radius 1 is 0.636 bits per heavy atom. The van der Waals surface area contributed by atoms with Gasteiger partial charge in [0, 0.05) is 22.3 Å². The summed E-state index contributed by atoms with van der Waals surface area (Å²) in [7, 11) is 0. The number of rotatable bonds is 4. The minimum Gasteiger partial charge on any atom is -0.382 e. The van der Waals surface area contributed by atoms with Gasteiger partial charge in [0.2, 0.25) is 0 Å². The number of benzene rings is 2. The first-order valence-corrected chi connectivity index (χ1v) is 12.2. The molecule has 0 aromatic heterocycles. The van der Waals surface area contributed by atoms with Crippen molar-refractivity contribution in [3.05, 3.63) is 69.8 Å². The highest BCUT2D eigenvalue weighted by Crippen LogP contribution is 2.35. The van der Waals surface area contributed by atoms with Gasteiger partial charge >= 0.3 is 0 Å². The molecule has 0 radical (unpaired) electrons. The van der Waals surface area contributed by atoms with Crippen LogP contribution in [0.4, 0.5) is 0 Å². The predicted octanol–water partition coefficient (Wildman–Crippen LogP) is 4.58. The van der Waals surface area contributed by atoms with Gasteiger partial charge < -0.3 is 10.2 Å². The Morgan fingerprint density at radius 3 is 1.42 bits per heavy atom. The van der Waals surface area contributed by atoms with Crippen molar-refractivity contribution >= 4 is 17.3 Å². The van der Waals surface area contributed by atoms with Crippen LogP contribution in [-0.4, -0.2) is 38.8 Å². The zero-order valence-electron chi connectivity index (χ0n) is 18.9. The lowest BCUT2D eigenvalue weighted by atomic mass is 9.77. The zero-order chi connectivity index (χ0) is 23.2. The molecule has 3 aliphatic rings. The Balaban J connectivity index is 1.45. The van der Waals surface area contributed by atoms with Crippen molar-refractivity contribution in [2.45, 2.75) is 81.8 Å². The fourth-order valence-electron chi connectivity index (χ4n) is 5.78. The maximum Gasteiger partial charge on any atom is 0.194 e.